The Bertz CT molecular complexity index is 1490. The lowest BCUT2D eigenvalue weighted by Gasteiger charge is -2.32. The molecule has 0 radical (unpaired) electrons. The lowest BCUT2D eigenvalue weighted by molar-refractivity contribution is -0.117. The van der Waals surface area contributed by atoms with Gasteiger partial charge in [0.1, 0.15) is 28.7 Å². The Balaban J connectivity index is 1.11. The van der Waals surface area contributed by atoms with Crippen LogP contribution in [0.25, 0.3) is 5.57 Å². The van der Waals surface area contributed by atoms with Crippen molar-refractivity contribution in [2.24, 2.45) is 5.92 Å². The average molecular weight is 579 g/mol. The number of rotatable bonds is 7. The summed E-state index contributed by atoms with van der Waals surface area (Å²) in [5.74, 6) is 1.43. The molecule has 2 heterocycles. The molecule has 2 aliphatic rings. The summed E-state index contributed by atoms with van der Waals surface area (Å²) in [4.78, 5) is 27.7. The average Bonchev–Trinajstić information content (AvgIpc) is 2.98. The second kappa shape index (κ2) is 13.1. The van der Waals surface area contributed by atoms with Gasteiger partial charge >= 0.3 is 6.09 Å². The number of piperidine rings is 1. The smallest absolute Gasteiger partial charge is 0.412 e. The van der Waals surface area contributed by atoms with Crippen LogP contribution in [0.5, 0.6) is 11.5 Å². The van der Waals surface area contributed by atoms with Gasteiger partial charge in [-0.3, -0.25) is 15.0 Å². The molecule has 1 saturated heterocycles. The van der Waals surface area contributed by atoms with Crippen molar-refractivity contribution in [2.45, 2.75) is 52.2 Å². The Kier molecular flexibility index (Phi) is 9.13. The molecule has 0 unspecified atom stereocenters. The van der Waals surface area contributed by atoms with Gasteiger partial charge in [-0.15, -0.1) is 0 Å². The molecule has 8 heteroatoms. The number of nitriles is 1. The van der Waals surface area contributed by atoms with Crippen molar-refractivity contribution < 1.29 is 19.1 Å². The second-order valence-electron chi connectivity index (χ2n) is 12.0. The number of fused-ring (bicyclic) bond motifs is 2. The van der Waals surface area contributed by atoms with Gasteiger partial charge in [0.05, 0.1) is 0 Å². The topological polar surface area (TPSA) is 104 Å². The summed E-state index contributed by atoms with van der Waals surface area (Å²) in [6, 6.07) is 25.0. The number of amides is 2. The molecule has 0 bridgehead atoms. The zero-order chi connectivity index (χ0) is 30.4. The van der Waals surface area contributed by atoms with Crippen molar-refractivity contribution in [3.05, 3.63) is 95.1 Å². The van der Waals surface area contributed by atoms with Crippen LogP contribution in [0, 0.1) is 17.2 Å². The van der Waals surface area contributed by atoms with Crippen molar-refractivity contribution >= 4 is 23.3 Å². The van der Waals surface area contributed by atoms with E-state index >= 15 is 0 Å². The maximum atomic E-state index is 13.3. The van der Waals surface area contributed by atoms with Crippen molar-refractivity contribution in [1.29, 1.82) is 5.26 Å². The van der Waals surface area contributed by atoms with Crippen LogP contribution >= 0.6 is 0 Å². The molecule has 0 saturated carbocycles. The number of ether oxygens (including phenoxy) is 2. The summed E-state index contributed by atoms with van der Waals surface area (Å²) in [5.41, 5.74) is 3.56. The normalized spacial score (nSPS) is 14.9. The van der Waals surface area contributed by atoms with E-state index in [-0.39, 0.29) is 11.5 Å². The maximum Gasteiger partial charge on any atom is 0.412 e. The van der Waals surface area contributed by atoms with E-state index in [2.05, 4.69) is 21.6 Å². The highest BCUT2D eigenvalue weighted by molar-refractivity contribution is 6.09. The second-order valence-corrected chi connectivity index (χ2v) is 12.0. The molecular weight excluding hydrogens is 540 g/mol. The number of para-hydroxylation sites is 2. The van der Waals surface area contributed by atoms with Gasteiger partial charge in [-0.2, -0.15) is 5.26 Å². The molecule has 0 aromatic heterocycles. The molecule has 2 amide bonds. The third-order valence-corrected chi connectivity index (χ3v) is 7.67. The van der Waals surface area contributed by atoms with Gasteiger partial charge in [-0.1, -0.05) is 48.5 Å². The zero-order valence-electron chi connectivity index (χ0n) is 25.0. The molecule has 2 N–H and O–H groups in total. The minimum absolute atomic E-state index is 0.102. The van der Waals surface area contributed by atoms with Gasteiger partial charge in [-0.25, -0.2) is 4.79 Å². The van der Waals surface area contributed by atoms with E-state index in [1.165, 1.54) is 5.56 Å². The Morgan fingerprint density at radius 3 is 2.14 bits per heavy atom. The van der Waals surface area contributed by atoms with Crippen molar-refractivity contribution in [3.63, 3.8) is 0 Å². The van der Waals surface area contributed by atoms with Crippen LogP contribution in [0.4, 0.5) is 10.5 Å². The predicted molar refractivity (Wildman–Crippen MR) is 167 cm³/mol. The minimum atomic E-state index is -0.538. The SMILES string of the molecule is CC(C)(C)OC(=O)Nc1ccc(CN2CCC(CCNC(=O)C(C#N)=C3c4ccccc4Oc4ccccc43)CC2)cc1. The third kappa shape index (κ3) is 7.62. The summed E-state index contributed by atoms with van der Waals surface area (Å²) in [7, 11) is 0. The number of likely N-dealkylation sites (tertiary alicyclic amines) is 1. The Hall–Kier alpha value is -4.61. The Morgan fingerprint density at radius 2 is 1.56 bits per heavy atom. The fraction of sp³-hybridized carbons (Fsp3) is 0.343. The molecule has 43 heavy (non-hydrogen) atoms. The fourth-order valence-electron chi connectivity index (χ4n) is 5.56. The Labute approximate surface area is 253 Å². The molecule has 0 spiro atoms. The van der Waals surface area contributed by atoms with E-state index in [4.69, 9.17) is 9.47 Å². The fourth-order valence-corrected chi connectivity index (χ4v) is 5.56. The van der Waals surface area contributed by atoms with E-state index in [1.807, 2.05) is 93.6 Å². The van der Waals surface area contributed by atoms with Crippen LogP contribution in [0.3, 0.4) is 0 Å². The number of carbonyl (C=O) groups excluding carboxylic acids is 2. The summed E-state index contributed by atoms with van der Waals surface area (Å²) >= 11 is 0. The number of hydrogen-bond donors (Lipinski definition) is 2. The van der Waals surface area contributed by atoms with Gasteiger partial charge in [-0.05, 0) is 88.9 Å². The van der Waals surface area contributed by atoms with Gasteiger partial charge in [0.2, 0.25) is 0 Å². The standard InChI is InChI=1S/C35H38N4O4/c1-35(2,3)43-34(41)38-26-14-12-25(13-15-26)23-39-20-17-24(18-21-39)16-19-37-33(40)29(22-36)32-27-8-4-6-10-30(27)42-31-11-7-5-9-28(31)32/h4-15,24H,16-21,23H2,1-3H3,(H,37,40)(H,38,41). The van der Waals surface area contributed by atoms with Crippen LogP contribution in [-0.4, -0.2) is 42.1 Å². The summed E-state index contributed by atoms with van der Waals surface area (Å²) < 4.78 is 11.3. The number of benzene rings is 3. The van der Waals surface area contributed by atoms with Crippen LogP contribution in [0.15, 0.2) is 78.4 Å². The quantitative estimate of drug-likeness (QED) is 0.183. The third-order valence-electron chi connectivity index (χ3n) is 7.67. The highest BCUT2D eigenvalue weighted by atomic mass is 16.6. The van der Waals surface area contributed by atoms with Crippen LogP contribution in [-0.2, 0) is 16.1 Å². The van der Waals surface area contributed by atoms with Crippen LogP contribution in [0.1, 0.15) is 56.7 Å². The highest BCUT2D eigenvalue weighted by Crippen LogP contribution is 2.44. The summed E-state index contributed by atoms with van der Waals surface area (Å²) in [5, 5.41) is 15.8. The molecule has 1 fully saturated rings. The number of nitrogens with one attached hydrogen (secondary N) is 2. The van der Waals surface area contributed by atoms with Gasteiger partial charge in [0.15, 0.2) is 0 Å². The summed E-state index contributed by atoms with van der Waals surface area (Å²) in [6.45, 7) is 8.85. The first-order valence-electron chi connectivity index (χ1n) is 14.8. The number of anilines is 1. The van der Waals surface area contributed by atoms with E-state index in [0.29, 0.717) is 35.2 Å². The van der Waals surface area contributed by atoms with Gasteiger partial charge in [0.25, 0.3) is 5.91 Å². The first-order chi connectivity index (χ1) is 20.7. The molecule has 2 aliphatic heterocycles. The lowest BCUT2D eigenvalue weighted by Crippen LogP contribution is -2.35. The highest BCUT2D eigenvalue weighted by Gasteiger charge is 2.27. The molecular formula is C35H38N4O4. The van der Waals surface area contributed by atoms with E-state index in [0.717, 1.165) is 50.0 Å². The summed E-state index contributed by atoms with van der Waals surface area (Å²) in [6.07, 6.45) is 2.52. The van der Waals surface area contributed by atoms with Gasteiger partial charge < -0.3 is 14.8 Å². The van der Waals surface area contributed by atoms with E-state index in [9.17, 15) is 14.9 Å². The number of nitrogens with zero attached hydrogens (tertiary/aromatic N) is 2. The van der Waals surface area contributed by atoms with Crippen molar-refractivity contribution in [3.8, 4) is 17.6 Å². The molecule has 3 aromatic rings. The van der Waals surface area contributed by atoms with E-state index < -0.39 is 11.7 Å². The van der Waals surface area contributed by atoms with Crippen LogP contribution < -0.4 is 15.4 Å². The number of carbonyl (C=O) groups is 2. The zero-order valence-corrected chi connectivity index (χ0v) is 25.0. The molecule has 0 atom stereocenters. The molecule has 0 aliphatic carbocycles. The Morgan fingerprint density at radius 1 is 0.953 bits per heavy atom. The minimum Gasteiger partial charge on any atom is -0.456 e. The maximum absolute atomic E-state index is 13.3. The molecule has 3 aromatic carbocycles. The first-order valence-corrected chi connectivity index (χ1v) is 14.8. The lowest BCUT2D eigenvalue weighted by atomic mass is 9.89. The monoisotopic (exact) mass is 578 g/mol. The molecule has 222 valence electrons. The van der Waals surface area contributed by atoms with Crippen molar-refractivity contribution in [2.75, 3.05) is 25.0 Å². The molecule has 8 nitrogen and oxygen atoms in total. The van der Waals surface area contributed by atoms with Crippen molar-refractivity contribution in [1.82, 2.24) is 10.2 Å². The first kappa shape index (κ1) is 29.9. The molecule has 5 rings (SSSR count). The largest absolute Gasteiger partial charge is 0.456 e. The predicted octanol–water partition coefficient (Wildman–Crippen LogP) is 6.88. The van der Waals surface area contributed by atoms with Crippen LogP contribution in [0.2, 0.25) is 0 Å². The van der Waals surface area contributed by atoms with E-state index in [1.54, 1.807) is 0 Å². The number of hydrogen-bond acceptors (Lipinski definition) is 6. The van der Waals surface area contributed by atoms with Gasteiger partial charge in [0, 0.05) is 35.5 Å².